The Morgan fingerprint density at radius 1 is 1.42 bits per heavy atom. The number of hydrogen-bond acceptors (Lipinski definition) is 1. The fourth-order valence-electron chi connectivity index (χ4n) is 0.960. The third-order valence-electron chi connectivity index (χ3n) is 1.53. The van der Waals surface area contributed by atoms with Crippen molar-refractivity contribution in [3.8, 4) is 0 Å². The van der Waals surface area contributed by atoms with Crippen LogP contribution in [0.4, 0.5) is 8.78 Å². The van der Waals surface area contributed by atoms with Gasteiger partial charge in [-0.15, -0.1) is 0 Å². The molecule has 0 aliphatic rings. The zero-order chi connectivity index (χ0) is 9.30. The van der Waals surface area contributed by atoms with Gasteiger partial charge in [0.25, 0.3) is 0 Å². The zero-order valence-electron chi connectivity index (χ0n) is 6.44. The van der Waals surface area contributed by atoms with E-state index in [1.807, 2.05) is 0 Å². The van der Waals surface area contributed by atoms with Crippen molar-refractivity contribution < 1.29 is 8.78 Å². The molecule has 12 heavy (non-hydrogen) atoms. The molecular weight excluding hydrogens is 228 g/mol. The van der Waals surface area contributed by atoms with Crippen molar-refractivity contribution in [2.75, 3.05) is 0 Å². The second-order valence-corrected chi connectivity index (χ2v) is 3.40. The maximum Gasteiger partial charge on any atom is 0.164 e. The predicted molar refractivity (Wildman–Crippen MR) is 46.7 cm³/mol. The molecule has 1 nitrogen and oxygen atoms in total. The number of nitrogens with two attached hydrogens (primary N) is 1. The van der Waals surface area contributed by atoms with E-state index in [1.54, 1.807) is 6.92 Å². The topological polar surface area (TPSA) is 26.0 Å². The maximum absolute atomic E-state index is 13.0. The highest BCUT2D eigenvalue weighted by molar-refractivity contribution is 9.10. The molecule has 0 heterocycles. The third kappa shape index (κ3) is 1.64. The van der Waals surface area contributed by atoms with E-state index in [2.05, 4.69) is 15.9 Å². The van der Waals surface area contributed by atoms with Crippen molar-refractivity contribution in [1.82, 2.24) is 0 Å². The van der Waals surface area contributed by atoms with Crippen LogP contribution in [0.3, 0.4) is 0 Å². The molecule has 4 heteroatoms. The molecule has 0 amide bonds. The molecule has 0 aromatic heterocycles. The molecule has 1 rings (SSSR count). The summed E-state index contributed by atoms with van der Waals surface area (Å²) in [6, 6.07) is 1.98. The second kappa shape index (κ2) is 3.49. The molecule has 1 unspecified atom stereocenters. The standard InChI is InChI=1S/C8H8BrF2N/c1-4(12)7-5(9)2-3-6(10)8(7)11/h2-4H,12H2,1H3. The Kier molecular flexibility index (Phi) is 2.80. The quantitative estimate of drug-likeness (QED) is 0.745. The fourth-order valence-corrected chi connectivity index (χ4v) is 1.63. The normalized spacial score (nSPS) is 13.1. The average Bonchev–Trinajstić information content (AvgIpc) is 1.97. The molecule has 2 N–H and O–H groups in total. The van der Waals surface area contributed by atoms with Crippen molar-refractivity contribution in [3.05, 3.63) is 33.8 Å². The van der Waals surface area contributed by atoms with Crippen LogP contribution in [0.2, 0.25) is 0 Å². The summed E-state index contributed by atoms with van der Waals surface area (Å²) in [6.45, 7) is 1.60. The molecule has 0 fully saturated rings. The van der Waals surface area contributed by atoms with Crippen LogP contribution in [0.15, 0.2) is 16.6 Å². The number of hydrogen-bond donors (Lipinski definition) is 1. The van der Waals surface area contributed by atoms with Crippen LogP contribution < -0.4 is 5.73 Å². The minimum Gasteiger partial charge on any atom is -0.324 e. The van der Waals surface area contributed by atoms with Crippen molar-refractivity contribution >= 4 is 15.9 Å². The lowest BCUT2D eigenvalue weighted by Crippen LogP contribution is -2.09. The molecule has 0 spiro atoms. The van der Waals surface area contributed by atoms with E-state index in [-0.39, 0.29) is 5.56 Å². The van der Waals surface area contributed by atoms with Crippen LogP contribution in [0.1, 0.15) is 18.5 Å². The van der Waals surface area contributed by atoms with Gasteiger partial charge in [-0.25, -0.2) is 8.78 Å². The summed E-state index contributed by atoms with van der Waals surface area (Å²) in [5.41, 5.74) is 5.62. The summed E-state index contributed by atoms with van der Waals surface area (Å²) in [4.78, 5) is 0. The Balaban J connectivity index is 3.33. The molecule has 1 aromatic rings. The monoisotopic (exact) mass is 235 g/mol. The van der Waals surface area contributed by atoms with Gasteiger partial charge in [0.05, 0.1) is 0 Å². The van der Waals surface area contributed by atoms with Crippen LogP contribution in [0.25, 0.3) is 0 Å². The first kappa shape index (κ1) is 9.61. The Labute approximate surface area is 77.7 Å². The van der Waals surface area contributed by atoms with Gasteiger partial charge in [-0.05, 0) is 19.1 Å². The first-order chi connectivity index (χ1) is 5.54. The smallest absolute Gasteiger partial charge is 0.164 e. The predicted octanol–water partition coefficient (Wildman–Crippen LogP) is 2.75. The van der Waals surface area contributed by atoms with E-state index in [0.29, 0.717) is 4.47 Å². The first-order valence-corrected chi connectivity index (χ1v) is 4.22. The SMILES string of the molecule is CC(N)c1c(Br)ccc(F)c1F. The summed E-state index contributed by atoms with van der Waals surface area (Å²) < 4.78 is 26.2. The molecule has 0 bridgehead atoms. The average molecular weight is 236 g/mol. The van der Waals surface area contributed by atoms with E-state index >= 15 is 0 Å². The van der Waals surface area contributed by atoms with Crippen molar-refractivity contribution in [1.29, 1.82) is 0 Å². The molecule has 0 saturated heterocycles. The minimum absolute atomic E-state index is 0.176. The largest absolute Gasteiger partial charge is 0.324 e. The van der Waals surface area contributed by atoms with Gasteiger partial charge in [0.15, 0.2) is 11.6 Å². The number of rotatable bonds is 1. The van der Waals surface area contributed by atoms with Crippen molar-refractivity contribution in [2.24, 2.45) is 5.73 Å². The Hall–Kier alpha value is -0.480. The third-order valence-corrected chi connectivity index (χ3v) is 2.23. The van der Waals surface area contributed by atoms with Crippen LogP contribution in [-0.4, -0.2) is 0 Å². The van der Waals surface area contributed by atoms with Gasteiger partial charge >= 0.3 is 0 Å². The number of halogens is 3. The first-order valence-electron chi connectivity index (χ1n) is 3.43. The van der Waals surface area contributed by atoms with Gasteiger partial charge in [0, 0.05) is 16.1 Å². The summed E-state index contributed by atoms with van der Waals surface area (Å²) >= 11 is 3.10. The zero-order valence-corrected chi connectivity index (χ0v) is 8.03. The number of benzene rings is 1. The molecular formula is C8H8BrF2N. The molecule has 1 aromatic carbocycles. The van der Waals surface area contributed by atoms with E-state index in [1.165, 1.54) is 6.07 Å². The van der Waals surface area contributed by atoms with Gasteiger partial charge < -0.3 is 5.73 Å². The Bertz CT molecular complexity index is 299. The molecule has 0 radical (unpaired) electrons. The summed E-state index contributed by atoms with van der Waals surface area (Å²) in [5.74, 6) is -1.75. The lowest BCUT2D eigenvalue weighted by atomic mass is 10.1. The highest BCUT2D eigenvalue weighted by Gasteiger charge is 2.14. The highest BCUT2D eigenvalue weighted by atomic mass is 79.9. The van der Waals surface area contributed by atoms with E-state index in [0.717, 1.165) is 6.07 Å². The lowest BCUT2D eigenvalue weighted by Gasteiger charge is -2.09. The maximum atomic E-state index is 13.0. The molecule has 1 atom stereocenters. The van der Waals surface area contributed by atoms with Gasteiger partial charge in [0.1, 0.15) is 0 Å². The fraction of sp³-hybridized carbons (Fsp3) is 0.250. The van der Waals surface area contributed by atoms with Crippen molar-refractivity contribution in [3.63, 3.8) is 0 Å². The summed E-state index contributed by atoms with van der Waals surface area (Å²) in [7, 11) is 0. The van der Waals surface area contributed by atoms with Crippen LogP contribution >= 0.6 is 15.9 Å². The Morgan fingerprint density at radius 3 is 2.42 bits per heavy atom. The van der Waals surface area contributed by atoms with E-state index in [9.17, 15) is 8.78 Å². The molecule has 0 aliphatic heterocycles. The van der Waals surface area contributed by atoms with Crippen LogP contribution in [0, 0.1) is 11.6 Å². The van der Waals surface area contributed by atoms with Gasteiger partial charge in [0.2, 0.25) is 0 Å². The molecule has 0 aliphatic carbocycles. The van der Waals surface area contributed by atoms with Crippen molar-refractivity contribution in [2.45, 2.75) is 13.0 Å². The van der Waals surface area contributed by atoms with Crippen LogP contribution in [-0.2, 0) is 0 Å². The van der Waals surface area contributed by atoms with Gasteiger partial charge in [-0.1, -0.05) is 15.9 Å². The lowest BCUT2D eigenvalue weighted by molar-refractivity contribution is 0.491. The molecule has 66 valence electrons. The molecule has 0 saturated carbocycles. The van der Waals surface area contributed by atoms with Gasteiger partial charge in [-0.3, -0.25) is 0 Å². The van der Waals surface area contributed by atoms with Crippen LogP contribution in [0.5, 0.6) is 0 Å². The second-order valence-electron chi connectivity index (χ2n) is 2.55. The minimum atomic E-state index is -0.876. The van der Waals surface area contributed by atoms with E-state index in [4.69, 9.17) is 5.73 Å². The highest BCUT2D eigenvalue weighted by Crippen LogP contribution is 2.26. The summed E-state index contributed by atoms with van der Waals surface area (Å²) in [5, 5.41) is 0. The van der Waals surface area contributed by atoms with Gasteiger partial charge in [-0.2, -0.15) is 0 Å². The Morgan fingerprint density at radius 2 is 2.00 bits per heavy atom. The summed E-state index contributed by atoms with van der Waals surface area (Å²) in [6.07, 6.45) is 0. The van der Waals surface area contributed by atoms with E-state index < -0.39 is 17.7 Å².